The van der Waals surface area contributed by atoms with Crippen molar-refractivity contribution in [1.82, 2.24) is 4.98 Å². The van der Waals surface area contributed by atoms with Crippen molar-refractivity contribution in [2.45, 2.75) is 6.17 Å². The standard InChI is InChI=1S/C7H9N5O2/c8-6(11-13)4-1-2-5(10-3-4)7(9)12-14/h1-3,7,13H,9H2,(H2,8,11). The highest BCUT2D eigenvalue weighted by Crippen LogP contribution is 2.08. The van der Waals surface area contributed by atoms with Gasteiger partial charge in [-0.15, -0.1) is 4.91 Å². The Kier molecular flexibility index (Phi) is 3.08. The van der Waals surface area contributed by atoms with Gasteiger partial charge in [-0.25, -0.2) is 0 Å². The summed E-state index contributed by atoms with van der Waals surface area (Å²) in [6.07, 6.45) is 0.353. The smallest absolute Gasteiger partial charge is 0.182 e. The number of nitroso groups, excluding NO2 is 1. The van der Waals surface area contributed by atoms with Crippen molar-refractivity contribution in [3.63, 3.8) is 0 Å². The van der Waals surface area contributed by atoms with Crippen LogP contribution in [0, 0.1) is 4.91 Å². The molecule has 1 atom stereocenters. The maximum atomic E-state index is 10.1. The van der Waals surface area contributed by atoms with E-state index in [0.717, 1.165) is 0 Å². The molecular formula is C7H9N5O2. The molecule has 74 valence electrons. The number of oxime groups is 1. The summed E-state index contributed by atoms with van der Waals surface area (Å²) in [4.78, 5) is 13.9. The molecule has 1 heterocycles. The molecule has 1 unspecified atom stereocenters. The number of pyridine rings is 1. The van der Waals surface area contributed by atoms with Gasteiger partial charge in [-0.05, 0) is 17.3 Å². The van der Waals surface area contributed by atoms with Crippen LogP contribution in [-0.4, -0.2) is 16.0 Å². The van der Waals surface area contributed by atoms with Gasteiger partial charge in [0, 0.05) is 11.8 Å². The summed E-state index contributed by atoms with van der Waals surface area (Å²) in [7, 11) is 0. The fraction of sp³-hybridized carbons (Fsp3) is 0.143. The highest BCUT2D eigenvalue weighted by atomic mass is 16.4. The molecule has 7 heteroatoms. The monoisotopic (exact) mass is 195 g/mol. The van der Waals surface area contributed by atoms with Crippen LogP contribution in [0.4, 0.5) is 0 Å². The Bertz CT molecular complexity index is 348. The van der Waals surface area contributed by atoms with Crippen molar-refractivity contribution in [1.29, 1.82) is 0 Å². The summed E-state index contributed by atoms with van der Waals surface area (Å²) in [5, 5.41) is 13.8. The van der Waals surface area contributed by atoms with Gasteiger partial charge in [-0.1, -0.05) is 5.16 Å². The Morgan fingerprint density at radius 3 is 2.71 bits per heavy atom. The maximum absolute atomic E-state index is 10.1. The lowest BCUT2D eigenvalue weighted by Gasteiger charge is -2.02. The lowest BCUT2D eigenvalue weighted by molar-refractivity contribution is 0.318. The van der Waals surface area contributed by atoms with E-state index in [4.69, 9.17) is 16.7 Å². The SMILES string of the molecule is N/C(=N/O)c1ccc(C(N)N=O)nc1. The lowest BCUT2D eigenvalue weighted by Crippen LogP contribution is -2.14. The third kappa shape index (κ3) is 2.02. The Morgan fingerprint density at radius 1 is 1.57 bits per heavy atom. The minimum absolute atomic E-state index is 0.0586. The largest absolute Gasteiger partial charge is 0.409 e. The first-order chi connectivity index (χ1) is 6.69. The second kappa shape index (κ2) is 4.28. The molecular weight excluding hydrogens is 186 g/mol. The Morgan fingerprint density at radius 2 is 2.29 bits per heavy atom. The fourth-order valence-corrected chi connectivity index (χ4v) is 0.844. The molecule has 14 heavy (non-hydrogen) atoms. The van der Waals surface area contributed by atoms with Crippen LogP contribution in [0.25, 0.3) is 0 Å². The van der Waals surface area contributed by atoms with Crippen LogP contribution in [0.3, 0.4) is 0 Å². The first kappa shape index (κ1) is 10.1. The molecule has 0 radical (unpaired) electrons. The van der Waals surface area contributed by atoms with Gasteiger partial charge in [0.05, 0.1) is 5.69 Å². The molecule has 1 rings (SSSR count). The highest BCUT2D eigenvalue weighted by molar-refractivity contribution is 5.96. The first-order valence-corrected chi connectivity index (χ1v) is 3.71. The summed E-state index contributed by atoms with van der Waals surface area (Å²) in [5.41, 5.74) is 11.4. The van der Waals surface area contributed by atoms with Gasteiger partial charge < -0.3 is 16.7 Å². The van der Waals surface area contributed by atoms with E-state index in [1.54, 1.807) is 0 Å². The zero-order chi connectivity index (χ0) is 10.6. The summed E-state index contributed by atoms with van der Waals surface area (Å²) in [6, 6.07) is 3.02. The first-order valence-electron chi connectivity index (χ1n) is 3.71. The summed E-state index contributed by atoms with van der Waals surface area (Å²) in [5.74, 6) is -0.0586. The molecule has 0 saturated heterocycles. The van der Waals surface area contributed by atoms with Gasteiger partial charge >= 0.3 is 0 Å². The second-order valence-electron chi connectivity index (χ2n) is 2.51. The van der Waals surface area contributed by atoms with E-state index in [1.807, 2.05) is 0 Å². The van der Waals surface area contributed by atoms with Crippen LogP contribution < -0.4 is 11.5 Å². The van der Waals surface area contributed by atoms with Crippen LogP contribution in [0.2, 0.25) is 0 Å². The van der Waals surface area contributed by atoms with E-state index in [2.05, 4.69) is 15.3 Å². The number of aromatic nitrogens is 1. The summed E-state index contributed by atoms with van der Waals surface area (Å²) in [6.45, 7) is 0. The molecule has 1 aromatic heterocycles. The molecule has 0 fully saturated rings. The van der Waals surface area contributed by atoms with E-state index < -0.39 is 6.17 Å². The van der Waals surface area contributed by atoms with Gasteiger partial charge in [0.25, 0.3) is 0 Å². The van der Waals surface area contributed by atoms with Crippen molar-refractivity contribution >= 4 is 5.84 Å². The van der Waals surface area contributed by atoms with Crippen molar-refractivity contribution in [2.75, 3.05) is 0 Å². The number of rotatable bonds is 3. The van der Waals surface area contributed by atoms with Crippen LogP contribution in [0.5, 0.6) is 0 Å². The molecule has 0 bridgehead atoms. The number of hydrogen-bond donors (Lipinski definition) is 3. The normalized spacial score (nSPS) is 13.6. The van der Waals surface area contributed by atoms with Crippen LogP contribution in [-0.2, 0) is 0 Å². The molecule has 0 saturated carbocycles. The highest BCUT2D eigenvalue weighted by Gasteiger charge is 2.07. The summed E-state index contributed by atoms with van der Waals surface area (Å²) < 4.78 is 0. The molecule has 0 amide bonds. The zero-order valence-electron chi connectivity index (χ0n) is 7.16. The zero-order valence-corrected chi connectivity index (χ0v) is 7.16. The van der Waals surface area contributed by atoms with Crippen molar-refractivity contribution in [3.05, 3.63) is 34.5 Å². The van der Waals surface area contributed by atoms with E-state index >= 15 is 0 Å². The maximum Gasteiger partial charge on any atom is 0.182 e. The number of nitrogens with zero attached hydrogens (tertiary/aromatic N) is 3. The molecule has 5 N–H and O–H groups in total. The van der Waals surface area contributed by atoms with Crippen LogP contribution in [0.1, 0.15) is 17.4 Å². The molecule has 1 aromatic rings. The van der Waals surface area contributed by atoms with Gasteiger partial charge in [0.15, 0.2) is 12.0 Å². The lowest BCUT2D eigenvalue weighted by atomic mass is 10.2. The molecule has 7 nitrogen and oxygen atoms in total. The van der Waals surface area contributed by atoms with Crippen molar-refractivity contribution in [2.24, 2.45) is 21.8 Å². The van der Waals surface area contributed by atoms with Crippen molar-refractivity contribution in [3.8, 4) is 0 Å². The average molecular weight is 195 g/mol. The molecule has 0 aromatic carbocycles. The van der Waals surface area contributed by atoms with Gasteiger partial charge in [-0.2, -0.15) is 0 Å². The van der Waals surface area contributed by atoms with Crippen LogP contribution in [0.15, 0.2) is 28.7 Å². The number of amidine groups is 1. The van der Waals surface area contributed by atoms with E-state index in [9.17, 15) is 4.91 Å². The minimum atomic E-state index is -0.990. The molecule has 0 aliphatic carbocycles. The molecule has 0 spiro atoms. The summed E-state index contributed by atoms with van der Waals surface area (Å²) >= 11 is 0. The predicted molar refractivity (Wildman–Crippen MR) is 49.5 cm³/mol. The predicted octanol–water partition coefficient (Wildman–Crippen LogP) is -0.100. The van der Waals surface area contributed by atoms with Gasteiger partial charge in [0.2, 0.25) is 0 Å². The number of nitrogens with two attached hydrogens (primary N) is 2. The third-order valence-corrected chi connectivity index (χ3v) is 1.61. The Labute approximate surface area is 79.4 Å². The minimum Gasteiger partial charge on any atom is -0.409 e. The van der Waals surface area contributed by atoms with E-state index in [0.29, 0.717) is 11.3 Å². The molecule has 0 aliphatic rings. The number of hydrogen-bond acceptors (Lipinski definition) is 6. The Hall–Kier alpha value is -2.02. The topological polar surface area (TPSA) is 127 Å². The van der Waals surface area contributed by atoms with Gasteiger partial charge in [0.1, 0.15) is 0 Å². The average Bonchev–Trinajstić information content (AvgIpc) is 2.27. The van der Waals surface area contributed by atoms with Crippen molar-refractivity contribution < 1.29 is 5.21 Å². The van der Waals surface area contributed by atoms with E-state index in [1.165, 1.54) is 18.3 Å². The quantitative estimate of drug-likeness (QED) is 0.204. The van der Waals surface area contributed by atoms with Crippen LogP contribution >= 0.6 is 0 Å². The fourth-order valence-electron chi connectivity index (χ4n) is 0.844. The third-order valence-electron chi connectivity index (χ3n) is 1.61. The van der Waals surface area contributed by atoms with E-state index in [-0.39, 0.29) is 5.84 Å². The molecule has 0 aliphatic heterocycles. The second-order valence-corrected chi connectivity index (χ2v) is 2.51. The Balaban J connectivity index is 2.94. The van der Waals surface area contributed by atoms with Gasteiger partial charge in [-0.3, -0.25) is 4.98 Å².